The molecule has 2 N–H and O–H groups in total. The Morgan fingerprint density at radius 3 is 2.48 bits per heavy atom. The van der Waals surface area contributed by atoms with Gasteiger partial charge < -0.3 is 15.6 Å². The van der Waals surface area contributed by atoms with Crippen LogP contribution in [0.15, 0.2) is 39.5 Å². The molecule has 2 amide bonds. The summed E-state index contributed by atoms with van der Waals surface area (Å²) in [6.07, 6.45) is 0.935. The molecule has 31 heavy (non-hydrogen) atoms. The number of para-hydroxylation sites is 1. The predicted octanol–water partition coefficient (Wildman–Crippen LogP) is 2.96. The molecule has 0 radical (unpaired) electrons. The van der Waals surface area contributed by atoms with Crippen LogP contribution in [0.3, 0.4) is 0 Å². The first kappa shape index (κ1) is 23.8. The number of nitrogens with zero attached hydrogens (tertiary/aromatic N) is 5. The maximum Gasteiger partial charge on any atom is 0.237 e. The number of aromatic nitrogens is 3. The van der Waals surface area contributed by atoms with Crippen LogP contribution in [-0.2, 0) is 9.59 Å². The zero-order valence-electron chi connectivity index (χ0n) is 18.0. The summed E-state index contributed by atoms with van der Waals surface area (Å²) in [5, 5.41) is 9.55. The van der Waals surface area contributed by atoms with E-state index in [0.29, 0.717) is 35.2 Å². The van der Waals surface area contributed by atoms with Crippen molar-refractivity contribution in [2.24, 2.45) is 0 Å². The van der Waals surface area contributed by atoms with E-state index in [1.807, 2.05) is 36.9 Å². The van der Waals surface area contributed by atoms with Crippen LogP contribution >= 0.6 is 35.3 Å². The summed E-state index contributed by atoms with van der Waals surface area (Å²) >= 11 is 4.32. The van der Waals surface area contributed by atoms with E-state index in [-0.39, 0.29) is 23.3 Å². The molecule has 1 aliphatic heterocycles. The number of rotatable bonds is 8. The lowest BCUT2D eigenvalue weighted by Gasteiger charge is -2.22. The number of fused-ring (bicyclic) bond motifs is 1. The van der Waals surface area contributed by atoms with Gasteiger partial charge in [-0.05, 0) is 32.4 Å². The highest BCUT2D eigenvalue weighted by Crippen LogP contribution is 2.37. The highest BCUT2D eigenvalue weighted by molar-refractivity contribution is 8.00. The first-order valence-electron chi connectivity index (χ1n) is 10.2. The molecule has 0 fully saturated rings. The number of hydrogen-bond donors (Lipinski definition) is 1. The molecule has 1 atom stereocenters. The molecule has 1 aliphatic rings. The third-order valence-corrected chi connectivity index (χ3v) is 8.04. The van der Waals surface area contributed by atoms with Gasteiger partial charge in [0.1, 0.15) is 0 Å². The van der Waals surface area contributed by atoms with Gasteiger partial charge in [-0.1, -0.05) is 42.6 Å². The Bertz CT molecular complexity index is 918. The van der Waals surface area contributed by atoms with E-state index in [9.17, 15) is 9.59 Å². The molecule has 0 aliphatic carbocycles. The van der Waals surface area contributed by atoms with Crippen LogP contribution in [0.25, 0.3) is 0 Å². The Hall–Kier alpha value is -1.85. The number of nitrogens with two attached hydrogens (primary N) is 1. The normalized spacial score (nSPS) is 16.0. The van der Waals surface area contributed by atoms with Crippen molar-refractivity contribution >= 4 is 52.8 Å². The van der Waals surface area contributed by atoms with Crippen LogP contribution in [0.5, 0.6) is 0 Å². The summed E-state index contributed by atoms with van der Waals surface area (Å²) in [5.41, 5.74) is 0.961. The molecule has 0 spiro atoms. The van der Waals surface area contributed by atoms with E-state index in [4.69, 9.17) is 5.84 Å². The van der Waals surface area contributed by atoms with Crippen LogP contribution in [0.1, 0.15) is 27.2 Å². The summed E-state index contributed by atoms with van der Waals surface area (Å²) < 4.78 is 1.35. The fourth-order valence-electron chi connectivity index (χ4n) is 3.20. The van der Waals surface area contributed by atoms with E-state index in [2.05, 4.69) is 23.2 Å². The van der Waals surface area contributed by atoms with Gasteiger partial charge in [-0.15, -0.1) is 22.0 Å². The third kappa shape index (κ3) is 5.89. The summed E-state index contributed by atoms with van der Waals surface area (Å²) in [5.74, 6) is 6.63. The Kier molecular flexibility index (Phi) is 8.56. The minimum atomic E-state index is 0.0149. The number of thioether (sulfide) groups is 3. The van der Waals surface area contributed by atoms with E-state index in [1.54, 1.807) is 16.7 Å². The summed E-state index contributed by atoms with van der Waals surface area (Å²) in [6, 6.07) is 8.02. The monoisotopic (exact) mass is 480 g/mol. The highest BCUT2D eigenvalue weighted by atomic mass is 32.2. The van der Waals surface area contributed by atoms with Gasteiger partial charge in [-0.2, -0.15) is 0 Å². The maximum absolute atomic E-state index is 13.0. The Morgan fingerprint density at radius 2 is 1.81 bits per heavy atom. The van der Waals surface area contributed by atoms with Crippen LogP contribution in [0.4, 0.5) is 5.69 Å². The topological polar surface area (TPSA) is 97.4 Å². The van der Waals surface area contributed by atoms with Crippen LogP contribution in [0.2, 0.25) is 0 Å². The van der Waals surface area contributed by atoms with Gasteiger partial charge in [0, 0.05) is 29.8 Å². The van der Waals surface area contributed by atoms with Crippen molar-refractivity contribution in [3.05, 3.63) is 24.3 Å². The minimum absolute atomic E-state index is 0.0149. The van der Waals surface area contributed by atoms with Crippen molar-refractivity contribution in [3.8, 4) is 0 Å². The Morgan fingerprint density at radius 1 is 1.16 bits per heavy atom. The molecule has 0 bridgehead atoms. The Balaban J connectivity index is 1.61. The van der Waals surface area contributed by atoms with E-state index >= 15 is 0 Å². The van der Waals surface area contributed by atoms with Gasteiger partial charge in [0.25, 0.3) is 0 Å². The van der Waals surface area contributed by atoms with Gasteiger partial charge in [0.05, 0.1) is 17.2 Å². The molecule has 11 heteroatoms. The quantitative estimate of drug-likeness (QED) is 0.455. The molecule has 1 aromatic heterocycles. The van der Waals surface area contributed by atoms with Crippen molar-refractivity contribution in [2.45, 2.75) is 47.7 Å². The van der Waals surface area contributed by atoms with Crippen LogP contribution in [0, 0.1) is 0 Å². The molecular formula is C20H28N6O2S3. The van der Waals surface area contributed by atoms with E-state index in [1.165, 1.54) is 28.2 Å². The number of hydrogen-bond acceptors (Lipinski definition) is 8. The van der Waals surface area contributed by atoms with Gasteiger partial charge >= 0.3 is 0 Å². The number of carbonyl (C=O) groups excluding carboxylic acids is 2. The molecule has 8 nitrogen and oxygen atoms in total. The standard InChI is InChI=1S/C20H28N6O2S3/c1-4-24(5-2)17(27)12-29-19-22-23-20(26(19)21)30-13-18(28)25-11-10-14(3)31-16-9-7-6-8-15(16)25/h6-9,14H,4-5,10-13,21H2,1-3H3/t14-/m1/s1. The number of benzene rings is 1. The molecular weight excluding hydrogens is 452 g/mol. The van der Waals surface area contributed by atoms with Crippen LogP contribution < -0.4 is 10.7 Å². The fourth-order valence-corrected chi connectivity index (χ4v) is 5.87. The third-order valence-electron chi connectivity index (χ3n) is 4.94. The van der Waals surface area contributed by atoms with Gasteiger partial charge in [-0.3, -0.25) is 9.59 Å². The van der Waals surface area contributed by atoms with Gasteiger partial charge in [0.2, 0.25) is 22.1 Å². The first-order chi connectivity index (χ1) is 14.9. The van der Waals surface area contributed by atoms with Crippen molar-refractivity contribution in [2.75, 3.05) is 41.9 Å². The second-order valence-electron chi connectivity index (χ2n) is 7.01. The first-order valence-corrected chi connectivity index (χ1v) is 13.1. The van der Waals surface area contributed by atoms with Crippen LogP contribution in [-0.4, -0.2) is 68.0 Å². The lowest BCUT2D eigenvalue weighted by atomic mass is 10.2. The van der Waals surface area contributed by atoms with Gasteiger partial charge in [-0.25, -0.2) is 4.68 Å². The molecule has 2 aromatic rings. The molecule has 3 rings (SSSR count). The van der Waals surface area contributed by atoms with Crippen molar-refractivity contribution in [1.82, 2.24) is 19.8 Å². The molecule has 0 unspecified atom stereocenters. The molecule has 0 saturated heterocycles. The maximum atomic E-state index is 13.0. The Labute approximate surface area is 195 Å². The van der Waals surface area contributed by atoms with E-state index < -0.39 is 0 Å². The van der Waals surface area contributed by atoms with Gasteiger partial charge in [0.15, 0.2) is 0 Å². The number of nitrogen functional groups attached to an aromatic ring is 1. The zero-order valence-corrected chi connectivity index (χ0v) is 20.4. The van der Waals surface area contributed by atoms with Crippen molar-refractivity contribution in [3.63, 3.8) is 0 Å². The number of carbonyl (C=O) groups is 2. The summed E-state index contributed by atoms with van der Waals surface area (Å²) in [7, 11) is 0. The van der Waals surface area contributed by atoms with Crippen molar-refractivity contribution in [1.29, 1.82) is 0 Å². The second-order valence-corrected chi connectivity index (χ2v) is 10.4. The lowest BCUT2D eigenvalue weighted by Crippen LogP contribution is -2.33. The highest BCUT2D eigenvalue weighted by Gasteiger charge is 2.25. The predicted molar refractivity (Wildman–Crippen MR) is 128 cm³/mol. The average molecular weight is 481 g/mol. The molecule has 2 heterocycles. The SMILES string of the molecule is CCN(CC)C(=O)CSc1nnc(SCC(=O)N2CC[C@@H](C)Sc3ccccc32)n1N. The second kappa shape index (κ2) is 11.1. The molecule has 168 valence electrons. The minimum Gasteiger partial charge on any atom is -0.343 e. The largest absolute Gasteiger partial charge is 0.343 e. The molecule has 1 aromatic carbocycles. The smallest absolute Gasteiger partial charge is 0.237 e. The number of amides is 2. The number of anilines is 1. The van der Waals surface area contributed by atoms with Crippen molar-refractivity contribution < 1.29 is 9.59 Å². The summed E-state index contributed by atoms with van der Waals surface area (Å²) in [4.78, 5) is 29.9. The zero-order chi connectivity index (χ0) is 22.4. The average Bonchev–Trinajstić information content (AvgIpc) is 3.01. The lowest BCUT2D eigenvalue weighted by molar-refractivity contribution is -0.128. The molecule has 0 saturated carbocycles. The summed E-state index contributed by atoms with van der Waals surface area (Å²) in [6.45, 7) is 8.12. The fraction of sp³-hybridized carbons (Fsp3) is 0.500. The van der Waals surface area contributed by atoms with E-state index in [0.717, 1.165) is 17.0 Å².